The Morgan fingerprint density at radius 3 is 2.42 bits per heavy atom. The molecule has 66 valence electrons. The Hall–Kier alpha value is -0.0213. The first-order valence-corrected chi connectivity index (χ1v) is 14.3. The number of hydrogen-bond donors (Lipinski definition) is 1. The van der Waals surface area contributed by atoms with Gasteiger partial charge in [0.1, 0.15) is 0 Å². The maximum absolute atomic E-state index is 5.59. The van der Waals surface area contributed by atoms with Crippen LogP contribution in [0.5, 0.6) is 0 Å². The van der Waals surface area contributed by atoms with E-state index < -0.39 is 18.4 Å². The van der Waals surface area contributed by atoms with Crippen LogP contribution in [0.3, 0.4) is 0 Å². The first-order chi connectivity index (χ1) is 5.54. The second-order valence-corrected chi connectivity index (χ2v) is 18.6. The zero-order valence-corrected chi connectivity index (χ0v) is 10.9. The third kappa shape index (κ3) is 2.49. The molecule has 0 spiro atoms. The molecular formula is C10H17NSn. The second kappa shape index (κ2) is 3.79. The Labute approximate surface area is 78.8 Å². The summed E-state index contributed by atoms with van der Waals surface area (Å²) >= 11 is -1.83. The normalized spacial score (nSPS) is 11.7. The monoisotopic (exact) mass is 271 g/mol. The number of nitrogens with two attached hydrogens (primary N) is 1. The summed E-state index contributed by atoms with van der Waals surface area (Å²) in [6, 6.07) is 8.74. The first kappa shape index (κ1) is 10.1. The van der Waals surface area contributed by atoms with Crippen LogP contribution in [0.4, 0.5) is 0 Å². The molecule has 0 saturated carbocycles. The van der Waals surface area contributed by atoms with E-state index in [9.17, 15) is 0 Å². The van der Waals surface area contributed by atoms with Crippen molar-refractivity contribution in [3.05, 3.63) is 29.8 Å². The fourth-order valence-corrected chi connectivity index (χ4v) is 4.63. The number of rotatable bonds is 2. The van der Waals surface area contributed by atoms with Crippen molar-refractivity contribution in [2.45, 2.75) is 21.4 Å². The van der Waals surface area contributed by atoms with Crippen LogP contribution in [-0.2, 0) is 6.54 Å². The number of benzene rings is 1. The topological polar surface area (TPSA) is 26.0 Å². The van der Waals surface area contributed by atoms with Gasteiger partial charge in [-0.1, -0.05) is 0 Å². The predicted octanol–water partition coefficient (Wildman–Crippen LogP) is 1.69. The van der Waals surface area contributed by atoms with Gasteiger partial charge < -0.3 is 0 Å². The Morgan fingerprint density at radius 1 is 1.25 bits per heavy atom. The van der Waals surface area contributed by atoms with E-state index in [1.54, 1.807) is 3.58 Å². The van der Waals surface area contributed by atoms with Gasteiger partial charge >= 0.3 is 78.9 Å². The van der Waals surface area contributed by atoms with Gasteiger partial charge in [0.05, 0.1) is 0 Å². The van der Waals surface area contributed by atoms with E-state index in [4.69, 9.17) is 5.73 Å². The molecule has 0 aliphatic rings. The van der Waals surface area contributed by atoms with Crippen molar-refractivity contribution in [1.29, 1.82) is 0 Å². The molecule has 0 fully saturated rings. The quantitative estimate of drug-likeness (QED) is 0.813. The van der Waals surface area contributed by atoms with Crippen LogP contribution in [0, 0.1) is 0 Å². The Morgan fingerprint density at radius 2 is 1.92 bits per heavy atom. The van der Waals surface area contributed by atoms with Gasteiger partial charge in [0.15, 0.2) is 0 Å². The van der Waals surface area contributed by atoms with Crippen LogP contribution in [0.1, 0.15) is 5.56 Å². The summed E-state index contributed by atoms with van der Waals surface area (Å²) in [5, 5.41) is 0. The van der Waals surface area contributed by atoms with Gasteiger partial charge in [-0.3, -0.25) is 0 Å². The van der Waals surface area contributed by atoms with E-state index >= 15 is 0 Å². The molecular weight excluding hydrogens is 253 g/mol. The van der Waals surface area contributed by atoms with Crippen LogP contribution in [0.25, 0.3) is 0 Å². The average molecular weight is 270 g/mol. The van der Waals surface area contributed by atoms with Gasteiger partial charge in [-0.05, 0) is 0 Å². The van der Waals surface area contributed by atoms with Crippen molar-refractivity contribution < 1.29 is 0 Å². The van der Waals surface area contributed by atoms with E-state index in [-0.39, 0.29) is 0 Å². The third-order valence-corrected chi connectivity index (χ3v) is 7.86. The SMILES string of the molecule is [CH3][Sn]([CH3])([CH3])[c]1cccc(CN)c1. The van der Waals surface area contributed by atoms with Crippen LogP contribution < -0.4 is 9.31 Å². The summed E-state index contributed by atoms with van der Waals surface area (Å²) in [6.45, 7) is 0.662. The number of hydrogen-bond acceptors (Lipinski definition) is 1. The van der Waals surface area contributed by atoms with Crippen molar-refractivity contribution in [2.75, 3.05) is 0 Å². The Bertz CT molecular complexity index is 263. The summed E-state index contributed by atoms with van der Waals surface area (Å²) in [4.78, 5) is 7.26. The van der Waals surface area contributed by atoms with E-state index in [1.807, 2.05) is 0 Å². The van der Waals surface area contributed by atoms with E-state index in [1.165, 1.54) is 5.56 Å². The maximum atomic E-state index is 5.59. The van der Waals surface area contributed by atoms with E-state index in [2.05, 4.69) is 39.1 Å². The van der Waals surface area contributed by atoms with Crippen molar-refractivity contribution >= 4 is 22.0 Å². The minimum absolute atomic E-state index is 0.662. The van der Waals surface area contributed by atoms with Crippen LogP contribution in [0.15, 0.2) is 24.3 Å². The molecule has 0 aliphatic heterocycles. The molecule has 0 bridgehead atoms. The summed E-state index contributed by atoms with van der Waals surface area (Å²) in [5.74, 6) is 0. The van der Waals surface area contributed by atoms with Crippen molar-refractivity contribution in [3.8, 4) is 0 Å². The Kier molecular flexibility index (Phi) is 3.18. The molecule has 2 heteroatoms. The van der Waals surface area contributed by atoms with Gasteiger partial charge in [0, 0.05) is 0 Å². The molecule has 0 amide bonds. The van der Waals surface area contributed by atoms with Crippen LogP contribution in [0.2, 0.25) is 14.8 Å². The molecule has 0 aromatic heterocycles. The predicted molar refractivity (Wildman–Crippen MR) is 57.3 cm³/mol. The summed E-state index contributed by atoms with van der Waals surface area (Å²) in [5.41, 5.74) is 6.85. The fraction of sp³-hybridized carbons (Fsp3) is 0.400. The molecule has 1 aromatic carbocycles. The molecule has 0 atom stereocenters. The molecule has 2 N–H and O–H groups in total. The van der Waals surface area contributed by atoms with Crippen molar-refractivity contribution in [2.24, 2.45) is 5.73 Å². The minimum atomic E-state index is -1.83. The fourth-order valence-electron chi connectivity index (χ4n) is 1.16. The van der Waals surface area contributed by atoms with Crippen molar-refractivity contribution in [1.82, 2.24) is 0 Å². The van der Waals surface area contributed by atoms with Gasteiger partial charge in [-0.25, -0.2) is 0 Å². The van der Waals surface area contributed by atoms with Gasteiger partial charge in [0.2, 0.25) is 0 Å². The molecule has 0 unspecified atom stereocenters. The third-order valence-electron chi connectivity index (χ3n) is 2.03. The molecule has 12 heavy (non-hydrogen) atoms. The summed E-state index contributed by atoms with van der Waals surface area (Å²) in [6.07, 6.45) is 0. The van der Waals surface area contributed by atoms with E-state index in [0.29, 0.717) is 6.54 Å². The van der Waals surface area contributed by atoms with Crippen LogP contribution >= 0.6 is 0 Å². The molecule has 1 nitrogen and oxygen atoms in total. The summed E-state index contributed by atoms with van der Waals surface area (Å²) in [7, 11) is 0. The van der Waals surface area contributed by atoms with Crippen LogP contribution in [-0.4, -0.2) is 18.4 Å². The van der Waals surface area contributed by atoms with Gasteiger partial charge in [0.25, 0.3) is 0 Å². The first-order valence-electron chi connectivity index (χ1n) is 4.33. The molecule has 1 rings (SSSR count). The molecule has 0 aliphatic carbocycles. The second-order valence-electron chi connectivity index (χ2n) is 4.15. The molecule has 0 saturated heterocycles. The zero-order valence-electron chi connectivity index (χ0n) is 8.09. The van der Waals surface area contributed by atoms with Gasteiger partial charge in [-0.15, -0.1) is 0 Å². The molecule has 0 radical (unpaired) electrons. The average Bonchev–Trinajstić information content (AvgIpc) is 2.03. The van der Waals surface area contributed by atoms with E-state index in [0.717, 1.165) is 0 Å². The summed E-state index contributed by atoms with van der Waals surface area (Å²) < 4.78 is 1.56. The standard InChI is InChI=1S/C7H8N.3CH3.Sn/c8-6-7-4-2-1-3-5-7;;;;/h1-2,4-5H,6,8H2;3*1H3;. The zero-order chi connectivity index (χ0) is 9.19. The molecule has 0 heterocycles. The van der Waals surface area contributed by atoms with Crippen molar-refractivity contribution in [3.63, 3.8) is 0 Å². The Balaban J connectivity index is 3.02. The van der Waals surface area contributed by atoms with Gasteiger partial charge in [-0.2, -0.15) is 0 Å². The molecule has 1 aromatic rings.